The Labute approximate surface area is 136 Å². The summed E-state index contributed by atoms with van der Waals surface area (Å²) in [5.74, 6) is -0.342. The van der Waals surface area contributed by atoms with Crippen molar-refractivity contribution in [1.29, 1.82) is 0 Å². The van der Waals surface area contributed by atoms with Crippen LogP contribution in [-0.4, -0.2) is 62.4 Å². The molecule has 0 radical (unpaired) electrons. The van der Waals surface area contributed by atoms with Gasteiger partial charge < -0.3 is 10.2 Å². The van der Waals surface area contributed by atoms with Gasteiger partial charge in [0.15, 0.2) is 0 Å². The van der Waals surface area contributed by atoms with E-state index >= 15 is 0 Å². The highest BCUT2D eigenvalue weighted by atomic mass is 32.2. The highest BCUT2D eigenvalue weighted by molar-refractivity contribution is 7.88. The Morgan fingerprint density at radius 1 is 1.26 bits per heavy atom. The Kier molecular flexibility index (Phi) is 5.06. The van der Waals surface area contributed by atoms with Gasteiger partial charge >= 0.3 is 0 Å². The summed E-state index contributed by atoms with van der Waals surface area (Å²) in [7, 11) is -1.79. The molecule has 1 aromatic carbocycles. The van der Waals surface area contributed by atoms with Gasteiger partial charge in [-0.2, -0.15) is 4.31 Å². The van der Waals surface area contributed by atoms with Crippen LogP contribution in [0.1, 0.15) is 28.9 Å². The molecular formula is C15H21N3O4S. The van der Waals surface area contributed by atoms with Crippen LogP contribution >= 0.6 is 0 Å². The van der Waals surface area contributed by atoms with Crippen molar-refractivity contribution in [3.05, 3.63) is 35.4 Å². The third-order valence-corrected chi connectivity index (χ3v) is 5.25. The lowest BCUT2D eigenvalue weighted by atomic mass is 10.0. The third kappa shape index (κ3) is 3.89. The van der Waals surface area contributed by atoms with Crippen molar-refractivity contribution in [2.75, 3.05) is 32.9 Å². The lowest BCUT2D eigenvalue weighted by Gasteiger charge is -2.40. The fraction of sp³-hybridized carbons (Fsp3) is 0.467. The average molecular weight is 339 g/mol. The van der Waals surface area contributed by atoms with Crippen molar-refractivity contribution in [2.45, 2.75) is 13.0 Å². The summed E-state index contributed by atoms with van der Waals surface area (Å²) in [6.45, 7) is 2.27. The van der Waals surface area contributed by atoms with Crippen molar-refractivity contribution < 1.29 is 18.0 Å². The molecule has 1 heterocycles. The minimum atomic E-state index is -3.33. The van der Waals surface area contributed by atoms with Gasteiger partial charge in [0.1, 0.15) is 0 Å². The molecule has 0 saturated carbocycles. The Hall–Kier alpha value is -1.93. The number of hydrogen-bond donors (Lipinski definition) is 1. The molecule has 0 bridgehead atoms. The summed E-state index contributed by atoms with van der Waals surface area (Å²) in [6, 6.07) is 6.51. The Morgan fingerprint density at radius 2 is 1.96 bits per heavy atom. The van der Waals surface area contributed by atoms with Crippen molar-refractivity contribution in [3.8, 4) is 0 Å². The van der Waals surface area contributed by atoms with Gasteiger partial charge in [-0.3, -0.25) is 9.59 Å². The molecule has 23 heavy (non-hydrogen) atoms. The first-order valence-electron chi connectivity index (χ1n) is 7.28. The second-order valence-electron chi connectivity index (χ2n) is 5.55. The smallest absolute Gasteiger partial charge is 0.251 e. The van der Waals surface area contributed by atoms with Gasteiger partial charge in [-0.05, 0) is 17.7 Å². The zero-order chi connectivity index (χ0) is 17.2. The summed E-state index contributed by atoms with van der Waals surface area (Å²) >= 11 is 0. The van der Waals surface area contributed by atoms with Crippen LogP contribution in [0.3, 0.4) is 0 Å². The van der Waals surface area contributed by atoms with E-state index in [0.717, 1.165) is 11.8 Å². The fourth-order valence-corrected chi connectivity index (χ4v) is 3.58. The molecule has 1 fully saturated rings. The summed E-state index contributed by atoms with van der Waals surface area (Å²) in [5.41, 5.74) is 1.22. The number of piperazine rings is 1. The van der Waals surface area contributed by atoms with Gasteiger partial charge in [0.05, 0.1) is 12.3 Å². The van der Waals surface area contributed by atoms with Crippen LogP contribution < -0.4 is 5.32 Å². The van der Waals surface area contributed by atoms with Crippen LogP contribution in [0.15, 0.2) is 24.3 Å². The van der Waals surface area contributed by atoms with E-state index in [1.54, 1.807) is 36.2 Å². The first-order chi connectivity index (χ1) is 10.7. The second kappa shape index (κ2) is 6.67. The quantitative estimate of drug-likeness (QED) is 0.853. The van der Waals surface area contributed by atoms with Gasteiger partial charge in [0.25, 0.3) is 5.91 Å². The number of amides is 2. The molecule has 1 aromatic rings. The number of hydrogen-bond acceptors (Lipinski definition) is 4. The molecule has 0 aromatic heterocycles. The first-order valence-corrected chi connectivity index (χ1v) is 9.13. The number of carbonyl (C=O) groups excluding carboxylic acids is 2. The lowest BCUT2D eigenvalue weighted by molar-refractivity contribution is -0.133. The molecule has 1 saturated heterocycles. The molecule has 7 nitrogen and oxygen atoms in total. The zero-order valence-electron chi connectivity index (χ0n) is 13.4. The van der Waals surface area contributed by atoms with Gasteiger partial charge in [-0.25, -0.2) is 8.42 Å². The SMILES string of the molecule is CNC(=O)c1cccc([C@H]2CN(S(C)(=O)=O)CCN2C(C)=O)c1. The van der Waals surface area contributed by atoms with Gasteiger partial charge in [0, 0.05) is 39.2 Å². The Balaban J connectivity index is 2.38. The molecule has 8 heteroatoms. The molecule has 0 aliphatic carbocycles. The van der Waals surface area contributed by atoms with Gasteiger partial charge in [0.2, 0.25) is 15.9 Å². The number of nitrogens with zero attached hydrogens (tertiary/aromatic N) is 2. The molecule has 1 atom stereocenters. The number of nitrogens with one attached hydrogen (secondary N) is 1. The Bertz CT molecular complexity index is 717. The van der Waals surface area contributed by atoms with Crippen LogP contribution in [0.2, 0.25) is 0 Å². The number of benzene rings is 1. The maximum absolute atomic E-state index is 11.9. The predicted octanol–water partition coefficient (Wildman–Crippen LogP) is 0.211. The van der Waals surface area contributed by atoms with Crippen molar-refractivity contribution in [3.63, 3.8) is 0 Å². The van der Waals surface area contributed by atoms with E-state index in [1.165, 1.54) is 11.2 Å². The van der Waals surface area contributed by atoms with Crippen molar-refractivity contribution >= 4 is 21.8 Å². The zero-order valence-corrected chi connectivity index (χ0v) is 14.3. The maximum Gasteiger partial charge on any atom is 0.251 e. The van der Waals surface area contributed by atoms with E-state index in [9.17, 15) is 18.0 Å². The molecule has 1 N–H and O–H groups in total. The van der Waals surface area contributed by atoms with E-state index in [-0.39, 0.29) is 24.9 Å². The predicted molar refractivity (Wildman–Crippen MR) is 86.4 cm³/mol. The van der Waals surface area contributed by atoms with E-state index in [0.29, 0.717) is 12.1 Å². The summed E-state index contributed by atoms with van der Waals surface area (Å²) in [5, 5.41) is 2.55. The number of carbonyl (C=O) groups is 2. The minimum Gasteiger partial charge on any atom is -0.355 e. The summed E-state index contributed by atoms with van der Waals surface area (Å²) in [6.07, 6.45) is 1.16. The topological polar surface area (TPSA) is 86.8 Å². The largest absolute Gasteiger partial charge is 0.355 e. The van der Waals surface area contributed by atoms with E-state index < -0.39 is 16.1 Å². The molecular weight excluding hydrogens is 318 g/mol. The number of rotatable bonds is 3. The maximum atomic E-state index is 11.9. The van der Waals surface area contributed by atoms with Crippen LogP contribution in [-0.2, 0) is 14.8 Å². The molecule has 0 spiro atoms. The van der Waals surface area contributed by atoms with Gasteiger partial charge in [-0.15, -0.1) is 0 Å². The van der Waals surface area contributed by atoms with Crippen molar-refractivity contribution in [1.82, 2.24) is 14.5 Å². The standard InChI is InChI=1S/C15H21N3O4S/c1-11(19)18-8-7-17(23(3,21)22)10-14(18)12-5-4-6-13(9-12)15(20)16-2/h4-6,9,14H,7-8,10H2,1-3H3,(H,16,20)/t14-/m1/s1. The monoisotopic (exact) mass is 339 g/mol. The summed E-state index contributed by atoms with van der Waals surface area (Å²) < 4.78 is 25.0. The average Bonchev–Trinajstić information content (AvgIpc) is 2.52. The van der Waals surface area contributed by atoms with E-state index in [4.69, 9.17) is 0 Å². The normalized spacial score (nSPS) is 19.4. The molecule has 1 aliphatic rings. The summed E-state index contributed by atoms with van der Waals surface area (Å²) in [4.78, 5) is 25.3. The second-order valence-corrected chi connectivity index (χ2v) is 7.54. The van der Waals surface area contributed by atoms with Crippen LogP contribution in [0.4, 0.5) is 0 Å². The highest BCUT2D eigenvalue weighted by Crippen LogP contribution is 2.27. The third-order valence-electron chi connectivity index (χ3n) is 3.98. The van der Waals surface area contributed by atoms with Crippen LogP contribution in [0, 0.1) is 0 Å². The van der Waals surface area contributed by atoms with E-state index in [2.05, 4.69) is 5.32 Å². The lowest BCUT2D eigenvalue weighted by Crippen LogP contribution is -2.51. The molecule has 126 valence electrons. The fourth-order valence-electron chi connectivity index (χ4n) is 2.75. The highest BCUT2D eigenvalue weighted by Gasteiger charge is 2.33. The van der Waals surface area contributed by atoms with Crippen LogP contribution in [0.25, 0.3) is 0 Å². The Morgan fingerprint density at radius 3 is 2.52 bits per heavy atom. The minimum absolute atomic E-state index is 0.117. The first kappa shape index (κ1) is 17.4. The number of sulfonamides is 1. The molecule has 2 rings (SSSR count). The van der Waals surface area contributed by atoms with E-state index in [1.807, 2.05) is 0 Å². The molecule has 2 amide bonds. The molecule has 0 unspecified atom stereocenters. The van der Waals surface area contributed by atoms with Crippen LogP contribution in [0.5, 0.6) is 0 Å². The molecule has 1 aliphatic heterocycles. The van der Waals surface area contributed by atoms with Crippen molar-refractivity contribution in [2.24, 2.45) is 0 Å². The van der Waals surface area contributed by atoms with Gasteiger partial charge in [-0.1, -0.05) is 12.1 Å².